The third-order valence-corrected chi connectivity index (χ3v) is 4.31. The minimum Gasteiger partial charge on any atom is -0.467 e. The standard InChI is InChI=1S/C19H26N2O4/c1-3-19(4-2,14-22)21-18(23)20-16-8-5-7-15(11-16)12-24-13-17-9-6-10-25-17/h5-11,22H,3-4,12-14H2,1-2H3,(H2,20,21,23). The van der Waals surface area contributed by atoms with Gasteiger partial charge in [-0.3, -0.25) is 0 Å². The van der Waals surface area contributed by atoms with Crippen molar-refractivity contribution in [1.29, 1.82) is 0 Å². The molecule has 136 valence electrons. The van der Waals surface area contributed by atoms with Crippen molar-refractivity contribution < 1.29 is 19.1 Å². The fourth-order valence-electron chi connectivity index (χ4n) is 2.50. The van der Waals surface area contributed by atoms with Gasteiger partial charge in [0.05, 0.1) is 25.0 Å². The monoisotopic (exact) mass is 346 g/mol. The molecule has 2 aromatic rings. The molecular weight excluding hydrogens is 320 g/mol. The first kappa shape index (κ1) is 19.0. The van der Waals surface area contributed by atoms with Crippen molar-refractivity contribution in [3.63, 3.8) is 0 Å². The Labute approximate surface area is 148 Å². The largest absolute Gasteiger partial charge is 0.467 e. The van der Waals surface area contributed by atoms with Gasteiger partial charge in [0.1, 0.15) is 12.4 Å². The van der Waals surface area contributed by atoms with E-state index in [4.69, 9.17) is 9.15 Å². The first-order valence-electron chi connectivity index (χ1n) is 8.50. The quantitative estimate of drug-likeness (QED) is 0.647. The average molecular weight is 346 g/mol. The highest BCUT2D eigenvalue weighted by Gasteiger charge is 2.27. The number of benzene rings is 1. The van der Waals surface area contributed by atoms with Crippen LogP contribution in [0.25, 0.3) is 0 Å². The van der Waals surface area contributed by atoms with Gasteiger partial charge in [-0.05, 0) is 42.7 Å². The maximum Gasteiger partial charge on any atom is 0.319 e. The Morgan fingerprint density at radius 2 is 2.00 bits per heavy atom. The number of aliphatic hydroxyl groups is 1. The van der Waals surface area contributed by atoms with Gasteiger partial charge in [-0.25, -0.2) is 4.79 Å². The van der Waals surface area contributed by atoms with Gasteiger partial charge >= 0.3 is 6.03 Å². The molecule has 0 aliphatic carbocycles. The number of carbonyl (C=O) groups excluding carboxylic acids is 1. The van der Waals surface area contributed by atoms with Crippen LogP contribution in [-0.2, 0) is 18.0 Å². The molecule has 1 aromatic heterocycles. The van der Waals surface area contributed by atoms with Crippen LogP contribution < -0.4 is 10.6 Å². The van der Waals surface area contributed by atoms with Crippen molar-refractivity contribution in [1.82, 2.24) is 5.32 Å². The predicted octanol–water partition coefficient (Wildman–Crippen LogP) is 3.67. The lowest BCUT2D eigenvalue weighted by Crippen LogP contribution is -2.52. The van der Waals surface area contributed by atoms with E-state index in [2.05, 4.69) is 10.6 Å². The number of urea groups is 1. The van der Waals surface area contributed by atoms with Gasteiger partial charge in [-0.15, -0.1) is 0 Å². The molecule has 0 unspecified atom stereocenters. The summed E-state index contributed by atoms with van der Waals surface area (Å²) in [6.07, 6.45) is 2.93. The molecule has 6 heteroatoms. The predicted molar refractivity (Wildman–Crippen MR) is 96.2 cm³/mol. The molecule has 0 fully saturated rings. The van der Waals surface area contributed by atoms with Gasteiger partial charge in [0.15, 0.2) is 0 Å². The van der Waals surface area contributed by atoms with Crippen LogP contribution in [0.5, 0.6) is 0 Å². The lowest BCUT2D eigenvalue weighted by molar-refractivity contribution is 0.0930. The van der Waals surface area contributed by atoms with E-state index in [-0.39, 0.29) is 12.6 Å². The highest BCUT2D eigenvalue weighted by molar-refractivity contribution is 5.89. The zero-order valence-electron chi connectivity index (χ0n) is 14.7. The summed E-state index contributed by atoms with van der Waals surface area (Å²) >= 11 is 0. The van der Waals surface area contributed by atoms with E-state index in [0.717, 1.165) is 11.3 Å². The Hall–Kier alpha value is -2.31. The molecule has 0 aliphatic rings. The molecule has 0 aliphatic heterocycles. The lowest BCUT2D eigenvalue weighted by atomic mass is 9.94. The number of aliphatic hydroxyl groups excluding tert-OH is 1. The summed E-state index contributed by atoms with van der Waals surface area (Å²) in [4.78, 5) is 12.2. The molecule has 2 amide bonds. The molecule has 0 saturated heterocycles. The minimum atomic E-state index is -0.589. The number of anilines is 1. The van der Waals surface area contributed by atoms with Gasteiger partial charge in [0.25, 0.3) is 0 Å². The Kier molecular flexibility index (Phi) is 7.03. The zero-order valence-corrected chi connectivity index (χ0v) is 14.7. The Morgan fingerprint density at radius 1 is 1.20 bits per heavy atom. The van der Waals surface area contributed by atoms with Crippen LogP contribution in [0.4, 0.5) is 10.5 Å². The van der Waals surface area contributed by atoms with Gasteiger partial charge in [-0.1, -0.05) is 26.0 Å². The molecule has 3 N–H and O–H groups in total. The van der Waals surface area contributed by atoms with Crippen LogP contribution >= 0.6 is 0 Å². The van der Waals surface area contributed by atoms with Crippen molar-refractivity contribution in [2.45, 2.75) is 45.4 Å². The summed E-state index contributed by atoms with van der Waals surface area (Å²) in [5.41, 5.74) is 1.04. The summed E-state index contributed by atoms with van der Waals surface area (Å²) < 4.78 is 10.8. The number of hydrogen-bond donors (Lipinski definition) is 3. The van der Waals surface area contributed by atoms with E-state index in [9.17, 15) is 9.90 Å². The van der Waals surface area contributed by atoms with Crippen LogP contribution in [0.1, 0.15) is 38.0 Å². The highest BCUT2D eigenvalue weighted by Crippen LogP contribution is 2.16. The number of ether oxygens (including phenoxy) is 1. The number of rotatable bonds is 9. The molecule has 0 bridgehead atoms. The van der Waals surface area contributed by atoms with Crippen molar-refractivity contribution >= 4 is 11.7 Å². The first-order chi connectivity index (χ1) is 12.1. The zero-order chi connectivity index (χ0) is 18.1. The summed E-state index contributed by atoms with van der Waals surface area (Å²) in [5.74, 6) is 0.771. The molecule has 1 heterocycles. The van der Waals surface area contributed by atoms with Crippen LogP contribution in [0, 0.1) is 0 Å². The van der Waals surface area contributed by atoms with Gasteiger partial charge < -0.3 is 24.9 Å². The van der Waals surface area contributed by atoms with E-state index in [1.807, 2.05) is 50.2 Å². The molecule has 6 nitrogen and oxygen atoms in total. The van der Waals surface area contributed by atoms with Crippen LogP contribution in [0.3, 0.4) is 0 Å². The molecule has 0 atom stereocenters. The van der Waals surface area contributed by atoms with E-state index in [1.54, 1.807) is 6.26 Å². The number of carbonyl (C=O) groups is 1. The van der Waals surface area contributed by atoms with Gasteiger partial charge in [0, 0.05) is 5.69 Å². The van der Waals surface area contributed by atoms with Crippen molar-refractivity contribution in [2.75, 3.05) is 11.9 Å². The topological polar surface area (TPSA) is 83.7 Å². The van der Waals surface area contributed by atoms with Crippen LogP contribution in [-0.4, -0.2) is 23.3 Å². The molecule has 0 spiro atoms. The molecule has 0 radical (unpaired) electrons. The van der Waals surface area contributed by atoms with Crippen LogP contribution in [0.15, 0.2) is 47.1 Å². The Bertz CT molecular complexity index is 643. The summed E-state index contributed by atoms with van der Waals surface area (Å²) in [6.45, 7) is 4.61. The fourth-order valence-corrected chi connectivity index (χ4v) is 2.50. The third kappa shape index (κ3) is 5.62. The smallest absolute Gasteiger partial charge is 0.319 e. The average Bonchev–Trinajstić information content (AvgIpc) is 3.13. The molecule has 0 saturated carbocycles. The maximum atomic E-state index is 12.2. The molecular formula is C19H26N2O4. The van der Waals surface area contributed by atoms with E-state index in [0.29, 0.717) is 31.7 Å². The van der Waals surface area contributed by atoms with E-state index >= 15 is 0 Å². The lowest BCUT2D eigenvalue weighted by Gasteiger charge is -2.30. The second-order valence-corrected chi connectivity index (χ2v) is 6.00. The second-order valence-electron chi connectivity index (χ2n) is 6.00. The number of furan rings is 1. The Balaban J connectivity index is 1.88. The fraction of sp³-hybridized carbons (Fsp3) is 0.421. The van der Waals surface area contributed by atoms with Crippen molar-refractivity contribution in [2.24, 2.45) is 0 Å². The maximum absolute atomic E-state index is 12.2. The number of amides is 2. The SMILES string of the molecule is CCC(CC)(CO)NC(=O)Nc1cccc(COCc2ccco2)c1. The molecule has 25 heavy (non-hydrogen) atoms. The normalized spacial score (nSPS) is 11.3. The molecule has 1 aromatic carbocycles. The van der Waals surface area contributed by atoms with E-state index in [1.165, 1.54) is 0 Å². The highest BCUT2D eigenvalue weighted by atomic mass is 16.5. The summed E-state index contributed by atoms with van der Waals surface area (Å²) in [7, 11) is 0. The number of hydrogen-bond acceptors (Lipinski definition) is 4. The second kappa shape index (κ2) is 9.25. The minimum absolute atomic E-state index is 0.0892. The van der Waals surface area contributed by atoms with Gasteiger partial charge in [0.2, 0.25) is 0 Å². The first-order valence-corrected chi connectivity index (χ1v) is 8.50. The number of nitrogens with one attached hydrogen (secondary N) is 2. The van der Waals surface area contributed by atoms with Crippen molar-refractivity contribution in [3.05, 3.63) is 54.0 Å². The Morgan fingerprint density at radius 3 is 2.64 bits per heavy atom. The molecule has 2 rings (SSSR count). The summed E-state index contributed by atoms with van der Waals surface area (Å²) in [5, 5.41) is 15.2. The third-order valence-electron chi connectivity index (χ3n) is 4.31. The van der Waals surface area contributed by atoms with Crippen LogP contribution in [0.2, 0.25) is 0 Å². The van der Waals surface area contributed by atoms with Crippen molar-refractivity contribution in [3.8, 4) is 0 Å². The summed E-state index contributed by atoms with van der Waals surface area (Å²) in [6, 6.07) is 10.8. The van der Waals surface area contributed by atoms with Gasteiger partial charge in [-0.2, -0.15) is 0 Å². The van der Waals surface area contributed by atoms with E-state index < -0.39 is 5.54 Å².